The molecule has 144 valence electrons. The average molecular weight is 431 g/mol. The summed E-state index contributed by atoms with van der Waals surface area (Å²) in [5.74, 6) is 2.75. The zero-order chi connectivity index (χ0) is 19.8. The normalized spacial score (nSPS) is 11.6. The molecule has 0 fully saturated rings. The summed E-state index contributed by atoms with van der Waals surface area (Å²) in [6, 6.07) is 7.35. The van der Waals surface area contributed by atoms with Gasteiger partial charge in [0.25, 0.3) is 0 Å². The lowest BCUT2D eigenvalue weighted by molar-refractivity contribution is 0.528. The fourth-order valence-electron chi connectivity index (χ4n) is 2.74. The van der Waals surface area contributed by atoms with Crippen LogP contribution < -0.4 is 0 Å². The Balaban J connectivity index is 1.61. The van der Waals surface area contributed by atoms with Crippen LogP contribution in [0.1, 0.15) is 41.9 Å². The molecule has 3 heterocycles. The van der Waals surface area contributed by atoms with Crippen LogP contribution in [0.3, 0.4) is 0 Å². The van der Waals surface area contributed by atoms with Crippen LogP contribution in [0, 0.1) is 13.8 Å². The van der Waals surface area contributed by atoms with Gasteiger partial charge in [-0.1, -0.05) is 37.2 Å². The van der Waals surface area contributed by atoms with Gasteiger partial charge in [-0.15, -0.1) is 21.5 Å². The molecule has 0 bridgehead atoms. The van der Waals surface area contributed by atoms with Gasteiger partial charge in [0.2, 0.25) is 11.8 Å². The zero-order valence-electron chi connectivity index (χ0n) is 16.0. The SMILES string of the molecule is Cc1sc2nc(C(C)C)nc(SCc3nnc(-c4ccc(Cl)cc4)o3)c2c1C. The van der Waals surface area contributed by atoms with Gasteiger partial charge < -0.3 is 4.42 Å². The minimum Gasteiger partial charge on any atom is -0.420 e. The second-order valence-corrected chi connectivity index (χ2v) is 9.41. The lowest BCUT2D eigenvalue weighted by atomic mass is 10.2. The van der Waals surface area contributed by atoms with Crippen molar-refractivity contribution in [2.24, 2.45) is 0 Å². The molecule has 4 rings (SSSR count). The summed E-state index contributed by atoms with van der Waals surface area (Å²) in [5, 5.41) is 11.1. The lowest BCUT2D eigenvalue weighted by Crippen LogP contribution is -1.99. The molecule has 0 spiro atoms. The second-order valence-electron chi connectivity index (χ2n) is 6.80. The van der Waals surface area contributed by atoms with Crippen molar-refractivity contribution in [2.75, 3.05) is 0 Å². The van der Waals surface area contributed by atoms with Crippen LogP contribution in [0.2, 0.25) is 5.02 Å². The molecule has 0 N–H and O–H groups in total. The smallest absolute Gasteiger partial charge is 0.247 e. The Kier molecular flexibility index (Phi) is 5.40. The molecule has 0 radical (unpaired) electrons. The van der Waals surface area contributed by atoms with E-state index < -0.39 is 0 Å². The fraction of sp³-hybridized carbons (Fsp3) is 0.300. The number of benzene rings is 1. The maximum absolute atomic E-state index is 5.94. The number of hydrogen-bond donors (Lipinski definition) is 0. The molecule has 0 amide bonds. The molecule has 1 aromatic carbocycles. The number of thiophene rings is 1. The molecule has 8 heteroatoms. The number of rotatable bonds is 5. The molecule has 0 aliphatic carbocycles. The highest BCUT2D eigenvalue weighted by atomic mass is 35.5. The van der Waals surface area contributed by atoms with E-state index in [1.807, 2.05) is 24.3 Å². The van der Waals surface area contributed by atoms with E-state index in [2.05, 4.69) is 37.9 Å². The van der Waals surface area contributed by atoms with Gasteiger partial charge >= 0.3 is 0 Å². The Morgan fingerprint density at radius 3 is 2.57 bits per heavy atom. The van der Waals surface area contributed by atoms with Crippen LogP contribution in [0.25, 0.3) is 21.7 Å². The van der Waals surface area contributed by atoms with Crippen LogP contribution >= 0.6 is 34.7 Å². The van der Waals surface area contributed by atoms with Gasteiger partial charge in [0.1, 0.15) is 15.7 Å². The first-order valence-electron chi connectivity index (χ1n) is 8.91. The van der Waals surface area contributed by atoms with Gasteiger partial charge in [-0.3, -0.25) is 0 Å². The first kappa shape index (κ1) is 19.4. The molecule has 28 heavy (non-hydrogen) atoms. The third kappa shape index (κ3) is 3.79. The number of hydrogen-bond acceptors (Lipinski definition) is 7. The van der Waals surface area contributed by atoms with E-state index in [0.29, 0.717) is 22.6 Å². The third-order valence-electron chi connectivity index (χ3n) is 4.42. The van der Waals surface area contributed by atoms with Crippen LogP contribution in [0.5, 0.6) is 0 Å². The predicted molar refractivity (Wildman–Crippen MR) is 115 cm³/mol. The molecule has 0 saturated carbocycles. The minimum atomic E-state index is 0.270. The van der Waals surface area contributed by atoms with Crippen molar-refractivity contribution in [3.8, 4) is 11.5 Å². The molecule has 3 aromatic heterocycles. The van der Waals surface area contributed by atoms with Gasteiger partial charge in [-0.25, -0.2) is 9.97 Å². The van der Waals surface area contributed by atoms with E-state index in [9.17, 15) is 0 Å². The highest BCUT2D eigenvalue weighted by Crippen LogP contribution is 2.37. The Morgan fingerprint density at radius 2 is 1.86 bits per heavy atom. The lowest BCUT2D eigenvalue weighted by Gasteiger charge is -2.08. The fourth-order valence-corrected chi connectivity index (χ4v) is 4.90. The van der Waals surface area contributed by atoms with E-state index in [4.69, 9.17) is 26.0 Å². The number of thioether (sulfide) groups is 1. The van der Waals surface area contributed by atoms with Crippen LogP contribution in [0.4, 0.5) is 0 Å². The van der Waals surface area contributed by atoms with E-state index in [1.165, 1.54) is 10.4 Å². The number of halogens is 1. The molecule has 0 atom stereocenters. The van der Waals surface area contributed by atoms with Gasteiger partial charge in [-0.05, 0) is 43.7 Å². The van der Waals surface area contributed by atoms with Crippen molar-refractivity contribution in [1.29, 1.82) is 0 Å². The third-order valence-corrected chi connectivity index (χ3v) is 6.73. The number of fused-ring (bicyclic) bond motifs is 1. The number of aryl methyl sites for hydroxylation is 2. The van der Waals surface area contributed by atoms with Crippen molar-refractivity contribution >= 4 is 44.9 Å². The standard InChI is InChI=1S/C20H19ClN4OS2/c1-10(2)17-22-19(16-11(3)12(4)28-20(16)23-17)27-9-15-24-25-18(26-15)13-5-7-14(21)8-6-13/h5-8,10H,9H2,1-4H3. The highest BCUT2D eigenvalue weighted by Gasteiger charge is 2.17. The summed E-state index contributed by atoms with van der Waals surface area (Å²) >= 11 is 9.27. The monoisotopic (exact) mass is 430 g/mol. The summed E-state index contributed by atoms with van der Waals surface area (Å²) in [4.78, 5) is 11.9. The second kappa shape index (κ2) is 7.81. The predicted octanol–water partition coefficient (Wildman–Crippen LogP) is 6.43. The Labute approximate surface area is 176 Å². The Bertz CT molecular complexity index is 1140. The van der Waals surface area contributed by atoms with Crippen molar-refractivity contribution in [3.63, 3.8) is 0 Å². The van der Waals surface area contributed by atoms with Crippen LogP contribution in [-0.2, 0) is 5.75 Å². The first-order chi connectivity index (χ1) is 13.4. The number of aromatic nitrogens is 4. The minimum absolute atomic E-state index is 0.270. The van der Waals surface area contributed by atoms with Crippen molar-refractivity contribution < 1.29 is 4.42 Å². The molecule has 0 saturated heterocycles. The molecular formula is C20H19ClN4OS2. The average Bonchev–Trinajstić information content (AvgIpc) is 3.25. The molecule has 0 aliphatic heterocycles. The molecule has 5 nitrogen and oxygen atoms in total. The zero-order valence-corrected chi connectivity index (χ0v) is 18.4. The van der Waals surface area contributed by atoms with E-state index in [-0.39, 0.29) is 5.92 Å². The highest BCUT2D eigenvalue weighted by molar-refractivity contribution is 7.98. The van der Waals surface area contributed by atoms with E-state index in [0.717, 1.165) is 26.6 Å². The first-order valence-corrected chi connectivity index (χ1v) is 11.1. The van der Waals surface area contributed by atoms with Crippen molar-refractivity contribution in [2.45, 2.75) is 44.4 Å². The quantitative estimate of drug-likeness (QED) is 0.268. The van der Waals surface area contributed by atoms with E-state index >= 15 is 0 Å². The summed E-state index contributed by atoms with van der Waals surface area (Å²) in [5.41, 5.74) is 2.09. The largest absolute Gasteiger partial charge is 0.420 e. The maximum Gasteiger partial charge on any atom is 0.247 e. The molecule has 0 unspecified atom stereocenters. The summed E-state index contributed by atoms with van der Waals surface area (Å²) in [6.45, 7) is 8.47. The van der Waals surface area contributed by atoms with Crippen molar-refractivity contribution in [3.05, 3.63) is 51.4 Å². The Morgan fingerprint density at radius 1 is 1.11 bits per heavy atom. The number of nitrogens with zero attached hydrogens (tertiary/aromatic N) is 4. The van der Waals surface area contributed by atoms with Crippen LogP contribution in [-0.4, -0.2) is 20.2 Å². The molecular weight excluding hydrogens is 412 g/mol. The van der Waals surface area contributed by atoms with Gasteiger partial charge in [-0.2, -0.15) is 0 Å². The van der Waals surface area contributed by atoms with Gasteiger partial charge in [0.05, 0.1) is 5.75 Å². The van der Waals surface area contributed by atoms with Gasteiger partial charge in [0, 0.05) is 26.8 Å². The Hall–Kier alpha value is -1.96. The van der Waals surface area contributed by atoms with E-state index in [1.54, 1.807) is 23.1 Å². The topological polar surface area (TPSA) is 64.7 Å². The molecule has 0 aliphatic rings. The summed E-state index contributed by atoms with van der Waals surface area (Å²) in [6.07, 6.45) is 0. The summed E-state index contributed by atoms with van der Waals surface area (Å²) < 4.78 is 5.83. The van der Waals surface area contributed by atoms with Crippen molar-refractivity contribution in [1.82, 2.24) is 20.2 Å². The summed E-state index contributed by atoms with van der Waals surface area (Å²) in [7, 11) is 0. The van der Waals surface area contributed by atoms with Crippen LogP contribution in [0.15, 0.2) is 33.7 Å². The van der Waals surface area contributed by atoms with Gasteiger partial charge in [0.15, 0.2) is 0 Å². The maximum atomic E-state index is 5.94. The molecule has 4 aromatic rings.